The van der Waals surface area contributed by atoms with Crippen LogP contribution in [-0.4, -0.2) is 19.8 Å². The van der Waals surface area contributed by atoms with Crippen LogP contribution in [-0.2, 0) is 4.43 Å². The second-order valence-electron chi connectivity index (χ2n) is 5.56. The van der Waals surface area contributed by atoms with Crippen LogP contribution in [0.25, 0.3) is 0 Å². The number of rotatable bonds is 8. The largest absolute Gasteiger partial charge is 0.412 e. The summed E-state index contributed by atoms with van der Waals surface area (Å²) in [6.07, 6.45) is 5.83. The highest BCUT2D eigenvalue weighted by molar-refractivity contribution is 6.69. The Bertz CT molecular complexity index is 157. The topological polar surface area (TPSA) is 9.23 Å². The van der Waals surface area contributed by atoms with E-state index in [9.17, 15) is 0 Å². The molecule has 1 nitrogen and oxygen atoms in total. The van der Waals surface area contributed by atoms with Crippen LogP contribution in [0.2, 0.25) is 19.6 Å². The van der Waals surface area contributed by atoms with Gasteiger partial charge in [0.25, 0.3) is 0 Å². The van der Waals surface area contributed by atoms with E-state index in [1.54, 1.807) is 0 Å². The van der Waals surface area contributed by atoms with Crippen LogP contribution in [0.4, 0.5) is 0 Å². The smallest absolute Gasteiger partial charge is 0.184 e. The molecule has 0 saturated heterocycles. The number of halogens is 1. The maximum atomic E-state index is 6.31. The molecule has 0 aliphatic rings. The van der Waals surface area contributed by atoms with E-state index in [1.807, 2.05) is 0 Å². The molecule has 1 unspecified atom stereocenters. The lowest BCUT2D eigenvalue weighted by Crippen LogP contribution is -2.40. The van der Waals surface area contributed by atoms with Gasteiger partial charge in [0, 0.05) is 5.88 Å². The molecule has 0 aromatic carbocycles. The lowest BCUT2D eigenvalue weighted by molar-refractivity contribution is 0.0588. The average Bonchev–Trinajstić information content (AvgIpc) is 2.09. The first-order valence-corrected chi connectivity index (χ1v) is 10.0. The minimum atomic E-state index is -1.44. The fourth-order valence-corrected chi connectivity index (χ4v) is 3.77. The monoisotopic (exact) mass is 250 g/mol. The van der Waals surface area contributed by atoms with E-state index in [2.05, 4.69) is 33.5 Å². The van der Waals surface area contributed by atoms with Gasteiger partial charge in [-0.1, -0.05) is 19.8 Å². The molecule has 0 aliphatic carbocycles. The number of hydrogen-bond donors (Lipinski definition) is 0. The fourth-order valence-electron chi connectivity index (χ4n) is 1.96. The lowest BCUT2D eigenvalue weighted by atomic mass is 9.94. The average molecular weight is 251 g/mol. The van der Waals surface area contributed by atoms with Gasteiger partial charge in [0.05, 0.1) is 5.60 Å². The lowest BCUT2D eigenvalue weighted by Gasteiger charge is -2.36. The van der Waals surface area contributed by atoms with Gasteiger partial charge in [0.1, 0.15) is 0 Å². The first-order valence-electron chi connectivity index (χ1n) is 6.09. The van der Waals surface area contributed by atoms with Crippen molar-refractivity contribution in [3.8, 4) is 0 Å². The van der Waals surface area contributed by atoms with Crippen molar-refractivity contribution in [1.82, 2.24) is 0 Å². The van der Waals surface area contributed by atoms with Crippen molar-refractivity contribution in [3.05, 3.63) is 0 Å². The van der Waals surface area contributed by atoms with Gasteiger partial charge in [0.2, 0.25) is 0 Å². The molecule has 3 heteroatoms. The van der Waals surface area contributed by atoms with Gasteiger partial charge >= 0.3 is 0 Å². The van der Waals surface area contributed by atoms with Crippen molar-refractivity contribution in [2.24, 2.45) is 0 Å². The van der Waals surface area contributed by atoms with Gasteiger partial charge in [-0.25, -0.2) is 0 Å². The zero-order valence-electron chi connectivity index (χ0n) is 11.0. The standard InChI is InChI=1S/C12H27ClOSi/c1-6-7-9-12(2,10-8-11-13)14-15(3,4)5/h6-11H2,1-5H3. The summed E-state index contributed by atoms with van der Waals surface area (Å²) in [5.74, 6) is 0.747. The Morgan fingerprint density at radius 3 is 2.07 bits per heavy atom. The second-order valence-corrected chi connectivity index (χ2v) is 10.4. The van der Waals surface area contributed by atoms with Crippen molar-refractivity contribution in [2.45, 2.75) is 71.2 Å². The zero-order chi connectivity index (χ0) is 11.9. The first kappa shape index (κ1) is 15.5. The van der Waals surface area contributed by atoms with Gasteiger partial charge in [-0.15, -0.1) is 11.6 Å². The van der Waals surface area contributed by atoms with Crippen molar-refractivity contribution < 1.29 is 4.43 Å². The maximum Gasteiger partial charge on any atom is 0.184 e. The summed E-state index contributed by atoms with van der Waals surface area (Å²) in [5, 5.41) is 0. The minimum Gasteiger partial charge on any atom is -0.412 e. The van der Waals surface area contributed by atoms with E-state index >= 15 is 0 Å². The highest BCUT2D eigenvalue weighted by Crippen LogP contribution is 2.28. The summed E-state index contributed by atoms with van der Waals surface area (Å²) in [6, 6.07) is 0. The molecule has 0 radical (unpaired) electrons. The highest BCUT2D eigenvalue weighted by atomic mass is 35.5. The summed E-state index contributed by atoms with van der Waals surface area (Å²) in [7, 11) is -1.44. The molecule has 0 aromatic heterocycles. The molecule has 0 spiro atoms. The summed E-state index contributed by atoms with van der Waals surface area (Å²) < 4.78 is 6.31. The molecule has 0 N–H and O–H groups in total. The van der Waals surface area contributed by atoms with E-state index in [1.165, 1.54) is 19.3 Å². The fraction of sp³-hybridized carbons (Fsp3) is 1.00. The molecule has 0 amide bonds. The van der Waals surface area contributed by atoms with E-state index < -0.39 is 8.32 Å². The summed E-state index contributed by atoms with van der Waals surface area (Å²) >= 11 is 5.77. The van der Waals surface area contributed by atoms with E-state index in [4.69, 9.17) is 16.0 Å². The van der Waals surface area contributed by atoms with Crippen LogP contribution in [0.1, 0.15) is 46.0 Å². The summed E-state index contributed by atoms with van der Waals surface area (Å²) in [6.45, 7) is 11.3. The molecule has 0 aromatic rings. The van der Waals surface area contributed by atoms with Crippen LogP contribution in [0, 0.1) is 0 Å². The maximum absolute atomic E-state index is 6.31. The van der Waals surface area contributed by atoms with Crippen LogP contribution in [0.15, 0.2) is 0 Å². The molecule has 92 valence electrons. The Kier molecular flexibility index (Phi) is 7.14. The van der Waals surface area contributed by atoms with Crippen LogP contribution >= 0.6 is 11.6 Å². The molecule has 0 bridgehead atoms. The number of unbranched alkanes of at least 4 members (excludes halogenated alkanes) is 1. The van der Waals surface area contributed by atoms with Gasteiger partial charge in [-0.05, 0) is 45.8 Å². The SMILES string of the molecule is CCCCC(C)(CCCCl)O[Si](C)(C)C. The molecule has 0 aliphatic heterocycles. The molecular formula is C12H27ClOSi. The van der Waals surface area contributed by atoms with Gasteiger partial charge in [0.15, 0.2) is 8.32 Å². The number of alkyl halides is 1. The third kappa shape index (κ3) is 8.29. The van der Waals surface area contributed by atoms with Crippen molar-refractivity contribution >= 4 is 19.9 Å². The summed E-state index contributed by atoms with van der Waals surface area (Å²) in [4.78, 5) is 0. The third-order valence-electron chi connectivity index (χ3n) is 2.45. The van der Waals surface area contributed by atoms with Gasteiger partial charge in [-0.3, -0.25) is 0 Å². The summed E-state index contributed by atoms with van der Waals surface area (Å²) in [5.41, 5.74) is 0.0649. The normalized spacial score (nSPS) is 16.4. The van der Waals surface area contributed by atoms with Crippen LogP contribution < -0.4 is 0 Å². The third-order valence-corrected chi connectivity index (χ3v) is 3.82. The Labute approximate surface area is 102 Å². The molecule has 0 fully saturated rings. The second kappa shape index (κ2) is 6.92. The molecule has 15 heavy (non-hydrogen) atoms. The molecular weight excluding hydrogens is 224 g/mol. The van der Waals surface area contributed by atoms with Crippen LogP contribution in [0.3, 0.4) is 0 Å². The van der Waals surface area contributed by atoms with Gasteiger partial charge < -0.3 is 4.43 Å². The Balaban J connectivity index is 4.26. The predicted molar refractivity (Wildman–Crippen MR) is 72.3 cm³/mol. The molecule has 0 heterocycles. The Hall–Kier alpha value is 0.467. The quantitative estimate of drug-likeness (QED) is 0.444. The zero-order valence-corrected chi connectivity index (χ0v) is 12.8. The van der Waals surface area contributed by atoms with Gasteiger partial charge in [-0.2, -0.15) is 0 Å². The van der Waals surface area contributed by atoms with Crippen LogP contribution in [0.5, 0.6) is 0 Å². The van der Waals surface area contributed by atoms with E-state index in [0.717, 1.165) is 18.7 Å². The van der Waals surface area contributed by atoms with E-state index in [0.29, 0.717) is 0 Å². The van der Waals surface area contributed by atoms with Crippen molar-refractivity contribution in [3.63, 3.8) is 0 Å². The van der Waals surface area contributed by atoms with Crippen molar-refractivity contribution in [2.75, 3.05) is 5.88 Å². The van der Waals surface area contributed by atoms with E-state index in [-0.39, 0.29) is 5.60 Å². The Morgan fingerprint density at radius 2 is 1.67 bits per heavy atom. The highest BCUT2D eigenvalue weighted by Gasteiger charge is 2.30. The first-order chi connectivity index (χ1) is 6.83. The molecule has 0 saturated carbocycles. The molecule has 1 atom stereocenters. The predicted octanol–water partition coefficient (Wildman–Crippen LogP) is 4.81. The minimum absolute atomic E-state index is 0.0649. The number of hydrogen-bond acceptors (Lipinski definition) is 1. The van der Waals surface area contributed by atoms with Crippen molar-refractivity contribution in [1.29, 1.82) is 0 Å². The molecule has 0 rings (SSSR count). The Morgan fingerprint density at radius 1 is 1.13 bits per heavy atom.